The van der Waals surface area contributed by atoms with Crippen LogP contribution in [0.5, 0.6) is 0 Å². The van der Waals surface area contributed by atoms with E-state index in [0.29, 0.717) is 23.3 Å². The van der Waals surface area contributed by atoms with E-state index in [1.807, 2.05) is 4.90 Å². The van der Waals surface area contributed by atoms with E-state index >= 15 is 0 Å². The average molecular weight is 520 g/mol. The van der Waals surface area contributed by atoms with Crippen LogP contribution in [0.4, 0.5) is 23.4 Å². The van der Waals surface area contributed by atoms with E-state index in [9.17, 15) is 27.2 Å². The summed E-state index contributed by atoms with van der Waals surface area (Å²) < 4.78 is 57.2. The highest BCUT2D eigenvalue weighted by Crippen LogP contribution is 2.36. The number of aromatic nitrogens is 3. The smallest absolute Gasteiger partial charge is 0.362 e. The van der Waals surface area contributed by atoms with Gasteiger partial charge in [-0.15, -0.1) is 0 Å². The largest absolute Gasteiger partial charge is 0.416 e. The Morgan fingerprint density at radius 3 is 2.49 bits per heavy atom. The zero-order valence-corrected chi connectivity index (χ0v) is 20.9. The number of likely N-dealkylation sites (tertiary alicyclic amines) is 1. The molecular formula is C26H29F4N5O2. The van der Waals surface area contributed by atoms with E-state index in [-0.39, 0.29) is 42.2 Å². The van der Waals surface area contributed by atoms with Crippen molar-refractivity contribution in [3.8, 4) is 0 Å². The molecule has 1 aromatic carbocycles. The Morgan fingerprint density at radius 1 is 1.16 bits per heavy atom. The maximum atomic E-state index is 13.9. The van der Waals surface area contributed by atoms with Crippen LogP contribution >= 0.6 is 0 Å². The molecule has 7 nitrogen and oxygen atoms in total. The van der Waals surface area contributed by atoms with Crippen molar-refractivity contribution < 1.29 is 17.6 Å². The maximum Gasteiger partial charge on any atom is 0.416 e. The molecule has 0 unspecified atom stereocenters. The lowest BCUT2D eigenvalue weighted by Crippen LogP contribution is -2.57. The number of rotatable bonds is 7. The second-order valence-corrected chi connectivity index (χ2v) is 10.5. The number of fused-ring (bicyclic) bond motifs is 1. The molecule has 1 N–H and O–H groups in total. The molecule has 1 saturated heterocycles. The third-order valence-electron chi connectivity index (χ3n) is 7.20. The predicted molar refractivity (Wildman–Crippen MR) is 133 cm³/mol. The van der Waals surface area contributed by atoms with Crippen LogP contribution in [0.25, 0.3) is 10.8 Å². The molecule has 11 heteroatoms. The molecule has 37 heavy (non-hydrogen) atoms. The summed E-state index contributed by atoms with van der Waals surface area (Å²) >= 11 is 0. The topological polar surface area (TPSA) is 72.2 Å². The summed E-state index contributed by atoms with van der Waals surface area (Å²) in [6, 6.07) is 4.84. The van der Waals surface area contributed by atoms with Crippen molar-refractivity contribution in [3.63, 3.8) is 0 Å². The first kappa shape index (κ1) is 25.4. The van der Waals surface area contributed by atoms with Crippen LogP contribution in [-0.4, -0.2) is 44.6 Å². The molecule has 1 atom stereocenters. The first-order valence-corrected chi connectivity index (χ1v) is 12.4. The van der Waals surface area contributed by atoms with Crippen LogP contribution < -0.4 is 16.4 Å². The molecule has 3 heterocycles. The van der Waals surface area contributed by atoms with Crippen molar-refractivity contribution in [1.29, 1.82) is 0 Å². The molecule has 2 aromatic heterocycles. The first-order chi connectivity index (χ1) is 17.3. The molecule has 0 radical (unpaired) electrons. The zero-order chi connectivity index (χ0) is 26.7. The normalized spacial score (nSPS) is 18.6. The molecule has 2 aliphatic rings. The number of benzene rings is 1. The number of hydrogen-bond donors (Lipinski definition) is 1. The second kappa shape index (κ2) is 8.97. The number of nitrogens with one attached hydrogen (secondary N) is 1. The van der Waals surface area contributed by atoms with Gasteiger partial charge in [-0.3, -0.25) is 14.5 Å². The summed E-state index contributed by atoms with van der Waals surface area (Å²) in [5.74, 6) is 0.298. The van der Waals surface area contributed by atoms with Gasteiger partial charge in [-0.25, -0.2) is 9.07 Å². The SMILES string of the molecule is Cc1c([C@@H](C)Nc2nn(CCN3CC(C)(F)C3)c(=O)c3cc(=O)n(C4CC4)cc23)cccc1C(F)(F)F. The van der Waals surface area contributed by atoms with Crippen LogP contribution in [0.2, 0.25) is 0 Å². The summed E-state index contributed by atoms with van der Waals surface area (Å²) in [6.07, 6.45) is -1.14. The molecule has 1 saturated carbocycles. The molecule has 1 aliphatic heterocycles. The van der Waals surface area contributed by atoms with E-state index in [1.54, 1.807) is 23.8 Å². The van der Waals surface area contributed by atoms with Crippen molar-refractivity contribution in [2.24, 2.45) is 0 Å². The van der Waals surface area contributed by atoms with Gasteiger partial charge in [-0.1, -0.05) is 12.1 Å². The molecule has 0 amide bonds. The van der Waals surface area contributed by atoms with E-state index in [1.165, 1.54) is 30.7 Å². The van der Waals surface area contributed by atoms with Crippen molar-refractivity contribution in [3.05, 3.63) is 67.9 Å². The fourth-order valence-electron chi connectivity index (χ4n) is 5.16. The lowest BCUT2D eigenvalue weighted by molar-refractivity contribution is -0.138. The number of halogens is 4. The van der Waals surface area contributed by atoms with Crippen molar-refractivity contribution in [1.82, 2.24) is 19.2 Å². The Morgan fingerprint density at radius 2 is 1.86 bits per heavy atom. The Labute approximate surface area is 210 Å². The van der Waals surface area contributed by atoms with Gasteiger partial charge in [0.2, 0.25) is 0 Å². The fourth-order valence-corrected chi connectivity index (χ4v) is 5.16. The van der Waals surface area contributed by atoms with Gasteiger partial charge in [-0.2, -0.15) is 18.3 Å². The van der Waals surface area contributed by atoms with Gasteiger partial charge in [0.15, 0.2) is 5.82 Å². The van der Waals surface area contributed by atoms with Gasteiger partial charge in [0, 0.05) is 43.3 Å². The van der Waals surface area contributed by atoms with Crippen LogP contribution in [0.1, 0.15) is 55.5 Å². The Hall–Kier alpha value is -3.21. The summed E-state index contributed by atoms with van der Waals surface area (Å²) in [7, 11) is 0. The van der Waals surface area contributed by atoms with E-state index in [2.05, 4.69) is 10.4 Å². The minimum atomic E-state index is -4.48. The lowest BCUT2D eigenvalue weighted by Gasteiger charge is -2.42. The zero-order valence-electron chi connectivity index (χ0n) is 20.9. The highest BCUT2D eigenvalue weighted by atomic mass is 19.4. The molecule has 5 rings (SSSR count). The molecule has 3 aromatic rings. The fraction of sp³-hybridized carbons (Fsp3) is 0.500. The number of hydrogen-bond acceptors (Lipinski definition) is 5. The van der Waals surface area contributed by atoms with Gasteiger partial charge in [0.05, 0.1) is 23.5 Å². The van der Waals surface area contributed by atoms with E-state index in [4.69, 9.17) is 0 Å². The third-order valence-corrected chi connectivity index (χ3v) is 7.20. The number of alkyl halides is 4. The highest BCUT2D eigenvalue weighted by molar-refractivity contribution is 5.90. The molecule has 198 valence electrons. The predicted octanol–water partition coefficient (Wildman–Crippen LogP) is 4.44. The van der Waals surface area contributed by atoms with E-state index < -0.39 is 29.0 Å². The lowest BCUT2D eigenvalue weighted by atomic mass is 9.97. The Balaban J connectivity index is 1.54. The quantitative estimate of drug-likeness (QED) is 0.468. The minimum absolute atomic E-state index is 0.0664. The average Bonchev–Trinajstić information content (AvgIpc) is 3.63. The monoisotopic (exact) mass is 519 g/mol. The summed E-state index contributed by atoms with van der Waals surface area (Å²) in [4.78, 5) is 27.8. The van der Waals surface area contributed by atoms with Crippen LogP contribution in [-0.2, 0) is 12.7 Å². The standard InChI is InChI=1S/C26H29F4N5O2/c1-15-18(5-4-6-21(15)26(28,29)30)16(2)31-23-20-12-34(17-7-8-17)22(36)11-19(20)24(37)35(32-23)10-9-33-13-25(3,27)14-33/h4-6,11-12,16-17H,7-10,13-14H2,1-3H3,(H,31,32)/t16-/m1/s1. The van der Waals surface area contributed by atoms with Crippen molar-refractivity contribution in [2.75, 3.05) is 25.0 Å². The molecular weight excluding hydrogens is 490 g/mol. The van der Waals surface area contributed by atoms with Crippen LogP contribution in [0, 0.1) is 6.92 Å². The minimum Gasteiger partial charge on any atom is -0.362 e. The maximum absolute atomic E-state index is 13.9. The Kier molecular flexibility index (Phi) is 6.17. The summed E-state index contributed by atoms with van der Waals surface area (Å²) in [6.45, 7) is 5.79. The van der Waals surface area contributed by atoms with Gasteiger partial charge in [-0.05, 0) is 50.8 Å². The van der Waals surface area contributed by atoms with Crippen molar-refractivity contribution in [2.45, 2.75) is 64.1 Å². The Bertz CT molecular complexity index is 1460. The highest BCUT2D eigenvalue weighted by Gasteiger charge is 2.38. The third kappa shape index (κ3) is 5.01. The van der Waals surface area contributed by atoms with Gasteiger partial charge < -0.3 is 9.88 Å². The van der Waals surface area contributed by atoms with Gasteiger partial charge in [0.1, 0.15) is 5.67 Å². The van der Waals surface area contributed by atoms with Crippen molar-refractivity contribution >= 4 is 16.6 Å². The number of nitrogens with zero attached hydrogens (tertiary/aromatic N) is 4. The molecule has 1 aliphatic carbocycles. The first-order valence-electron chi connectivity index (χ1n) is 12.4. The van der Waals surface area contributed by atoms with E-state index in [0.717, 1.165) is 18.9 Å². The van der Waals surface area contributed by atoms with Gasteiger partial charge in [0.25, 0.3) is 11.1 Å². The van der Waals surface area contributed by atoms with Gasteiger partial charge >= 0.3 is 6.18 Å². The molecule has 0 spiro atoms. The molecule has 2 fully saturated rings. The summed E-state index contributed by atoms with van der Waals surface area (Å²) in [5, 5.41) is 8.34. The summed E-state index contributed by atoms with van der Waals surface area (Å²) in [5.41, 5.74) is -2.13. The van der Waals surface area contributed by atoms with Crippen LogP contribution in [0.3, 0.4) is 0 Å². The molecule has 0 bridgehead atoms. The number of anilines is 1. The van der Waals surface area contributed by atoms with Crippen LogP contribution in [0.15, 0.2) is 40.1 Å². The second-order valence-electron chi connectivity index (χ2n) is 10.5. The number of pyridine rings is 1.